The number of aliphatic imine (C=N–C) groups is 1. The highest BCUT2D eigenvalue weighted by Gasteiger charge is 2.45. The van der Waals surface area contributed by atoms with Gasteiger partial charge in [-0.3, -0.25) is 0 Å². The summed E-state index contributed by atoms with van der Waals surface area (Å²) in [4.78, 5) is 14.4. The summed E-state index contributed by atoms with van der Waals surface area (Å²) >= 11 is 3.29. The summed E-state index contributed by atoms with van der Waals surface area (Å²) in [5, 5.41) is 0. The van der Waals surface area contributed by atoms with E-state index in [2.05, 4.69) is 20.9 Å². The zero-order valence-corrected chi connectivity index (χ0v) is 12.8. The molecule has 0 saturated heterocycles. The molecular weight excluding hydrogens is 334 g/mol. The van der Waals surface area contributed by atoms with Crippen LogP contribution in [0.1, 0.15) is 18.4 Å². The highest BCUT2D eigenvalue weighted by Crippen LogP contribution is 2.51. The number of isocyanates is 1. The number of carbonyl (C=O) groups excluding carboxylic acids is 1. The van der Waals surface area contributed by atoms with Crippen LogP contribution in [0.15, 0.2) is 26.5 Å². The van der Waals surface area contributed by atoms with Gasteiger partial charge in [-0.05, 0) is 46.5 Å². The fourth-order valence-electron chi connectivity index (χ4n) is 1.98. The minimum atomic E-state index is -3.43. The second-order valence-corrected chi connectivity index (χ2v) is 7.33. The van der Waals surface area contributed by atoms with Gasteiger partial charge in [0.2, 0.25) is 6.08 Å². The highest BCUT2D eigenvalue weighted by molar-refractivity contribution is 9.10. The molecule has 0 radical (unpaired) electrons. The molecule has 0 spiro atoms. The van der Waals surface area contributed by atoms with Crippen LogP contribution in [-0.2, 0) is 20.2 Å². The van der Waals surface area contributed by atoms with Crippen LogP contribution in [0.25, 0.3) is 0 Å². The molecule has 1 aromatic rings. The number of halogens is 1. The quantitative estimate of drug-likeness (QED) is 0.619. The van der Waals surface area contributed by atoms with E-state index in [0.29, 0.717) is 22.9 Å². The third-order valence-electron chi connectivity index (χ3n) is 3.13. The molecule has 1 saturated carbocycles. The van der Waals surface area contributed by atoms with Crippen molar-refractivity contribution in [3.63, 3.8) is 0 Å². The molecule has 7 heteroatoms. The Morgan fingerprint density at radius 2 is 2.05 bits per heavy atom. The van der Waals surface area contributed by atoms with Gasteiger partial charge in [0.05, 0.1) is 17.1 Å². The van der Waals surface area contributed by atoms with E-state index in [1.54, 1.807) is 12.1 Å². The van der Waals surface area contributed by atoms with Crippen LogP contribution in [-0.4, -0.2) is 27.9 Å². The number of sulfone groups is 1. The maximum Gasteiger partial charge on any atom is 0.235 e. The predicted molar refractivity (Wildman–Crippen MR) is 72.8 cm³/mol. The van der Waals surface area contributed by atoms with Crippen molar-refractivity contribution in [2.24, 2.45) is 4.99 Å². The Morgan fingerprint density at radius 1 is 1.42 bits per heavy atom. The number of ether oxygens (including phenoxy) is 1. The molecule has 0 amide bonds. The first-order valence-corrected chi connectivity index (χ1v) is 8.19. The average Bonchev–Trinajstić information content (AvgIpc) is 3.08. The van der Waals surface area contributed by atoms with Crippen molar-refractivity contribution in [1.82, 2.24) is 0 Å². The van der Waals surface area contributed by atoms with Gasteiger partial charge in [-0.25, -0.2) is 13.2 Å². The molecule has 1 aliphatic rings. The number of rotatable bonds is 4. The molecule has 0 N–H and O–H groups in total. The molecule has 1 fully saturated rings. The second-order valence-electron chi connectivity index (χ2n) is 4.50. The van der Waals surface area contributed by atoms with Crippen molar-refractivity contribution in [1.29, 1.82) is 0 Å². The summed E-state index contributed by atoms with van der Waals surface area (Å²) in [6.07, 6.45) is 4.09. The Morgan fingerprint density at radius 3 is 2.47 bits per heavy atom. The van der Waals surface area contributed by atoms with Crippen LogP contribution in [0.2, 0.25) is 0 Å². The molecule has 0 atom stereocenters. The first-order chi connectivity index (χ1) is 8.84. The fraction of sp³-hybridized carbons (Fsp3) is 0.417. The van der Waals surface area contributed by atoms with Crippen LogP contribution in [0, 0.1) is 0 Å². The molecule has 0 bridgehead atoms. The van der Waals surface area contributed by atoms with Crippen molar-refractivity contribution < 1.29 is 17.9 Å². The van der Waals surface area contributed by atoms with Gasteiger partial charge in [-0.1, -0.05) is 0 Å². The number of methoxy groups -OCH3 is 1. The maximum absolute atomic E-state index is 11.8. The average molecular weight is 346 g/mol. The topological polar surface area (TPSA) is 72.8 Å². The molecule has 5 nitrogen and oxygen atoms in total. The summed E-state index contributed by atoms with van der Waals surface area (Å²) in [6, 6.07) is 3.26. The fourth-order valence-corrected chi connectivity index (χ4v) is 3.61. The number of nitrogens with zero attached hydrogens (tertiary/aromatic N) is 1. The molecule has 102 valence electrons. The molecule has 0 aromatic heterocycles. The Kier molecular flexibility index (Phi) is 3.55. The Labute approximate surface area is 119 Å². The lowest BCUT2D eigenvalue weighted by Gasteiger charge is -2.14. The van der Waals surface area contributed by atoms with Gasteiger partial charge in [-0.2, -0.15) is 4.99 Å². The lowest BCUT2D eigenvalue weighted by atomic mass is 10.1. The Hall–Kier alpha value is -1.17. The Balaban J connectivity index is 2.68. The van der Waals surface area contributed by atoms with Gasteiger partial charge in [0.1, 0.15) is 4.90 Å². The summed E-state index contributed by atoms with van der Waals surface area (Å²) in [7, 11) is -2.03. The van der Waals surface area contributed by atoms with E-state index < -0.39 is 15.4 Å². The van der Waals surface area contributed by atoms with Crippen LogP contribution in [0.4, 0.5) is 0 Å². The lowest BCUT2D eigenvalue weighted by molar-refractivity contribution is 0.399. The predicted octanol–water partition coefficient (Wildman–Crippen LogP) is 2.19. The van der Waals surface area contributed by atoms with Gasteiger partial charge >= 0.3 is 0 Å². The van der Waals surface area contributed by atoms with Crippen molar-refractivity contribution in [2.75, 3.05) is 13.4 Å². The summed E-state index contributed by atoms with van der Waals surface area (Å²) in [5.41, 5.74) is 0.0691. The largest absolute Gasteiger partial charge is 0.494 e. The zero-order chi connectivity index (χ0) is 14.3. The molecule has 2 rings (SSSR count). The van der Waals surface area contributed by atoms with Gasteiger partial charge in [0.25, 0.3) is 0 Å². The monoisotopic (exact) mass is 345 g/mol. The van der Waals surface area contributed by atoms with E-state index in [0.717, 1.165) is 6.26 Å². The Bertz CT molecular complexity index is 673. The molecular formula is C12H12BrNO4S. The van der Waals surface area contributed by atoms with Crippen LogP contribution < -0.4 is 4.74 Å². The van der Waals surface area contributed by atoms with E-state index in [4.69, 9.17) is 4.74 Å². The maximum atomic E-state index is 11.8. The number of hydrogen-bond donors (Lipinski definition) is 0. The minimum Gasteiger partial charge on any atom is -0.494 e. The van der Waals surface area contributed by atoms with E-state index in [9.17, 15) is 13.2 Å². The van der Waals surface area contributed by atoms with Crippen molar-refractivity contribution in [3.8, 4) is 5.75 Å². The molecule has 0 aliphatic heterocycles. The van der Waals surface area contributed by atoms with E-state index >= 15 is 0 Å². The van der Waals surface area contributed by atoms with Gasteiger partial charge in [0, 0.05) is 6.26 Å². The normalized spacial score (nSPS) is 16.6. The lowest BCUT2D eigenvalue weighted by Crippen LogP contribution is -2.07. The summed E-state index contributed by atoms with van der Waals surface area (Å²) < 4.78 is 29.3. The smallest absolute Gasteiger partial charge is 0.235 e. The number of benzene rings is 1. The van der Waals surface area contributed by atoms with Gasteiger partial charge in [0.15, 0.2) is 15.6 Å². The van der Waals surface area contributed by atoms with Crippen LogP contribution in [0.5, 0.6) is 5.75 Å². The third kappa shape index (κ3) is 2.59. The van der Waals surface area contributed by atoms with E-state index in [1.165, 1.54) is 13.2 Å². The summed E-state index contributed by atoms with van der Waals surface area (Å²) in [6.45, 7) is 0. The standard InChI is InChI=1S/C12H12BrNO4S/c1-18-11-9(13)5-8(6-10(11)19(2,16)17)12(3-4-12)14-7-15/h5-6H,3-4H2,1-2H3. The second kappa shape index (κ2) is 4.74. The first kappa shape index (κ1) is 14.2. The molecule has 19 heavy (non-hydrogen) atoms. The molecule has 1 aromatic carbocycles. The summed E-state index contributed by atoms with van der Waals surface area (Å²) in [5.74, 6) is 0.261. The van der Waals surface area contributed by atoms with Gasteiger partial charge < -0.3 is 4.74 Å². The SMILES string of the molecule is COc1c(Br)cc(C2(N=C=O)CC2)cc1S(C)(=O)=O. The first-order valence-electron chi connectivity index (χ1n) is 5.51. The van der Waals surface area contributed by atoms with Crippen LogP contribution in [0.3, 0.4) is 0 Å². The van der Waals surface area contributed by atoms with Crippen molar-refractivity contribution in [2.45, 2.75) is 23.3 Å². The molecule has 1 aliphatic carbocycles. The van der Waals surface area contributed by atoms with Crippen LogP contribution >= 0.6 is 15.9 Å². The van der Waals surface area contributed by atoms with Crippen molar-refractivity contribution >= 4 is 31.8 Å². The zero-order valence-electron chi connectivity index (χ0n) is 10.4. The number of hydrogen-bond acceptors (Lipinski definition) is 5. The van der Waals surface area contributed by atoms with E-state index in [1.807, 2.05) is 0 Å². The molecule has 0 heterocycles. The minimum absolute atomic E-state index is 0.0896. The van der Waals surface area contributed by atoms with Gasteiger partial charge in [-0.15, -0.1) is 0 Å². The third-order valence-corrected chi connectivity index (χ3v) is 4.82. The highest BCUT2D eigenvalue weighted by atomic mass is 79.9. The van der Waals surface area contributed by atoms with Crippen molar-refractivity contribution in [3.05, 3.63) is 22.2 Å². The molecule has 0 unspecified atom stereocenters. The van der Waals surface area contributed by atoms with E-state index in [-0.39, 0.29) is 10.6 Å².